The molecule has 2 aromatic carbocycles. The van der Waals surface area contributed by atoms with E-state index < -0.39 is 10.0 Å². The van der Waals surface area contributed by atoms with Gasteiger partial charge in [0.15, 0.2) is 0 Å². The first-order chi connectivity index (χ1) is 11.9. The predicted octanol–water partition coefficient (Wildman–Crippen LogP) is 3.43. The van der Waals surface area contributed by atoms with Crippen LogP contribution in [-0.4, -0.2) is 26.9 Å². The number of benzene rings is 2. The average molecular weight is 360 g/mol. The average Bonchev–Trinajstić information content (AvgIpc) is 2.63. The first-order valence-corrected chi connectivity index (χ1v) is 9.82. The first kappa shape index (κ1) is 19.0. The minimum absolute atomic E-state index is 0.0737. The SMILES string of the molecule is CCC(C)NC(=O)c1ccc(S(=O)(=O)N(CC)c2ccccc2)cc1. The van der Waals surface area contributed by atoms with Gasteiger partial charge < -0.3 is 5.32 Å². The van der Waals surface area contributed by atoms with Crippen LogP contribution in [0.25, 0.3) is 0 Å². The van der Waals surface area contributed by atoms with Crippen LogP contribution in [0.2, 0.25) is 0 Å². The monoisotopic (exact) mass is 360 g/mol. The lowest BCUT2D eigenvalue weighted by Crippen LogP contribution is -2.32. The molecule has 1 unspecified atom stereocenters. The van der Waals surface area contributed by atoms with Crippen LogP contribution in [0.4, 0.5) is 5.69 Å². The second-order valence-corrected chi connectivity index (χ2v) is 7.67. The van der Waals surface area contributed by atoms with E-state index in [9.17, 15) is 13.2 Å². The van der Waals surface area contributed by atoms with E-state index in [1.54, 1.807) is 43.3 Å². The molecule has 0 fully saturated rings. The molecule has 1 amide bonds. The van der Waals surface area contributed by atoms with Crippen molar-refractivity contribution in [2.75, 3.05) is 10.8 Å². The Hall–Kier alpha value is -2.34. The molecule has 0 radical (unpaired) electrons. The number of amides is 1. The van der Waals surface area contributed by atoms with E-state index in [-0.39, 0.29) is 16.8 Å². The van der Waals surface area contributed by atoms with Gasteiger partial charge in [-0.2, -0.15) is 0 Å². The highest BCUT2D eigenvalue weighted by atomic mass is 32.2. The van der Waals surface area contributed by atoms with E-state index in [2.05, 4.69) is 5.32 Å². The maximum absolute atomic E-state index is 12.9. The van der Waals surface area contributed by atoms with E-state index in [1.807, 2.05) is 19.9 Å². The second kappa shape index (κ2) is 8.16. The molecule has 6 heteroatoms. The number of rotatable bonds is 7. The molecule has 0 aliphatic heterocycles. The van der Waals surface area contributed by atoms with Gasteiger partial charge in [0.2, 0.25) is 0 Å². The van der Waals surface area contributed by atoms with Crippen LogP contribution >= 0.6 is 0 Å². The third kappa shape index (κ3) is 4.39. The van der Waals surface area contributed by atoms with E-state index in [0.717, 1.165) is 6.42 Å². The minimum Gasteiger partial charge on any atom is -0.350 e. The molecule has 0 aliphatic rings. The summed E-state index contributed by atoms with van der Waals surface area (Å²) >= 11 is 0. The van der Waals surface area contributed by atoms with Crippen LogP contribution in [0, 0.1) is 0 Å². The number of anilines is 1. The van der Waals surface area contributed by atoms with Gasteiger partial charge >= 0.3 is 0 Å². The molecule has 1 N–H and O–H groups in total. The Labute approximate surface area is 149 Å². The van der Waals surface area contributed by atoms with E-state index >= 15 is 0 Å². The quantitative estimate of drug-likeness (QED) is 0.822. The summed E-state index contributed by atoms with van der Waals surface area (Å²) in [7, 11) is -3.67. The Bertz CT molecular complexity index is 802. The van der Waals surface area contributed by atoms with Crippen molar-refractivity contribution in [3.8, 4) is 0 Å². The van der Waals surface area contributed by atoms with Crippen molar-refractivity contribution in [3.63, 3.8) is 0 Å². The summed E-state index contributed by atoms with van der Waals surface area (Å²) in [6, 6.07) is 15.1. The molecule has 134 valence electrons. The Morgan fingerprint density at radius 3 is 2.16 bits per heavy atom. The molecule has 0 aliphatic carbocycles. The van der Waals surface area contributed by atoms with Crippen molar-refractivity contribution in [3.05, 3.63) is 60.2 Å². The molecule has 2 rings (SSSR count). The Balaban J connectivity index is 2.27. The summed E-state index contributed by atoms with van der Waals surface area (Å²) in [6.07, 6.45) is 0.834. The lowest BCUT2D eigenvalue weighted by atomic mass is 10.2. The van der Waals surface area contributed by atoms with Crippen molar-refractivity contribution < 1.29 is 13.2 Å². The highest BCUT2D eigenvalue weighted by Crippen LogP contribution is 2.23. The molecular weight excluding hydrogens is 336 g/mol. The van der Waals surface area contributed by atoms with E-state index in [4.69, 9.17) is 0 Å². The molecule has 2 aromatic rings. The molecule has 0 saturated carbocycles. The van der Waals surface area contributed by atoms with Crippen LogP contribution in [0.5, 0.6) is 0 Å². The number of sulfonamides is 1. The fraction of sp³-hybridized carbons (Fsp3) is 0.316. The zero-order valence-electron chi connectivity index (χ0n) is 14.8. The van der Waals surface area contributed by atoms with Gasteiger partial charge in [-0.15, -0.1) is 0 Å². The lowest BCUT2D eigenvalue weighted by Gasteiger charge is -2.23. The van der Waals surface area contributed by atoms with Crippen LogP contribution in [0.3, 0.4) is 0 Å². The summed E-state index contributed by atoms with van der Waals surface area (Å²) < 4.78 is 27.1. The minimum atomic E-state index is -3.67. The molecule has 0 heterocycles. The highest BCUT2D eigenvalue weighted by Gasteiger charge is 2.23. The van der Waals surface area contributed by atoms with Crippen molar-refractivity contribution in [1.82, 2.24) is 5.32 Å². The van der Waals surface area contributed by atoms with Gasteiger partial charge in [-0.1, -0.05) is 25.1 Å². The van der Waals surface area contributed by atoms with Crippen molar-refractivity contribution in [1.29, 1.82) is 0 Å². The Morgan fingerprint density at radius 1 is 1.04 bits per heavy atom. The summed E-state index contributed by atoms with van der Waals surface area (Å²) in [4.78, 5) is 12.3. The Kier molecular flexibility index (Phi) is 6.20. The van der Waals surface area contributed by atoms with Gasteiger partial charge in [0.25, 0.3) is 15.9 Å². The number of carbonyl (C=O) groups is 1. The van der Waals surface area contributed by atoms with Crippen LogP contribution in [0.15, 0.2) is 59.5 Å². The summed E-state index contributed by atoms with van der Waals surface area (Å²) in [6.45, 7) is 6.03. The normalized spacial score (nSPS) is 12.4. The molecule has 5 nitrogen and oxygen atoms in total. The van der Waals surface area contributed by atoms with Gasteiger partial charge in [0, 0.05) is 18.2 Å². The molecular formula is C19H24N2O3S. The number of nitrogens with zero attached hydrogens (tertiary/aromatic N) is 1. The molecule has 1 atom stereocenters. The highest BCUT2D eigenvalue weighted by molar-refractivity contribution is 7.92. The largest absolute Gasteiger partial charge is 0.350 e. The molecule has 0 spiro atoms. The van der Waals surface area contributed by atoms with Crippen LogP contribution < -0.4 is 9.62 Å². The van der Waals surface area contributed by atoms with E-state index in [0.29, 0.717) is 17.8 Å². The third-order valence-electron chi connectivity index (χ3n) is 4.03. The van der Waals surface area contributed by atoms with Crippen molar-refractivity contribution in [2.45, 2.75) is 38.1 Å². The lowest BCUT2D eigenvalue weighted by molar-refractivity contribution is 0.0939. The number of hydrogen-bond acceptors (Lipinski definition) is 3. The third-order valence-corrected chi connectivity index (χ3v) is 5.94. The predicted molar refractivity (Wildman–Crippen MR) is 100 cm³/mol. The van der Waals surface area contributed by atoms with Crippen molar-refractivity contribution >= 4 is 21.6 Å². The molecule has 0 aromatic heterocycles. The van der Waals surface area contributed by atoms with Crippen LogP contribution in [-0.2, 0) is 10.0 Å². The van der Waals surface area contributed by atoms with Gasteiger partial charge in [-0.3, -0.25) is 9.10 Å². The van der Waals surface area contributed by atoms with E-state index in [1.165, 1.54) is 16.4 Å². The van der Waals surface area contributed by atoms with Crippen molar-refractivity contribution in [2.24, 2.45) is 0 Å². The van der Waals surface area contributed by atoms with Gasteiger partial charge in [-0.25, -0.2) is 8.42 Å². The molecule has 0 saturated heterocycles. The fourth-order valence-corrected chi connectivity index (χ4v) is 3.87. The number of hydrogen-bond donors (Lipinski definition) is 1. The topological polar surface area (TPSA) is 66.5 Å². The summed E-state index contributed by atoms with van der Waals surface area (Å²) in [5.74, 6) is -0.200. The van der Waals surface area contributed by atoms with Crippen LogP contribution in [0.1, 0.15) is 37.6 Å². The zero-order chi connectivity index (χ0) is 18.4. The zero-order valence-corrected chi connectivity index (χ0v) is 15.6. The Morgan fingerprint density at radius 2 is 1.64 bits per heavy atom. The summed E-state index contributed by atoms with van der Waals surface area (Å²) in [5, 5.41) is 2.87. The van der Waals surface area contributed by atoms with Gasteiger partial charge in [0.1, 0.15) is 0 Å². The van der Waals surface area contributed by atoms with Gasteiger partial charge in [0.05, 0.1) is 10.6 Å². The smallest absolute Gasteiger partial charge is 0.264 e. The maximum Gasteiger partial charge on any atom is 0.264 e. The molecule has 0 bridgehead atoms. The summed E-state index contributed by atoms with van der Waals surface area (Å²) in [5.41, 5.74) is 1.06. The molecule has 25 heavy (non-hydrogen) atoms. The number of carbonyl (C=O) groups excluding carboxylic acids is 1. The second-order valence-electron chi connectivity index (χ2n) is 5.81. The maximum atomic E-state index is 12.9. The number of nitrogens with one attached hydrogen (secondary N) is 1. The standard InChI is InChI=1S/C19H24N2O3S/c1-4-15(3)20-19(22)16-11-13-18(14-12-16)25(23,24)21(5-2)17-9-7-6-8-10-17/h6-15H,4-5H2,1-3H3,(H,20,22). The fourth-order valence-electron chi connectivity index (χ4n) is 2.40. The first-order valence-electron chi connectivity index (χ1n) is 8.38. The van der Waals surface area contributed by atoms with Gasteiger partial charge in [-0.05, 0) is 56.7 Å². The number of para-hydroxylation sites is 1.